The lowest BCUT2D eigenvalue weighted by Crippen LogP contribution is -2.26. The fourth-order valence-corrected chi connectivity index (χ4v) is 27.0. The molecule has 4 aliphatic rings. The number of fused-ring (bicyclic) bond motifs is 39. The molecule has 0 saturated heterocycles. The van der Waals surface area contributed by atoms with E-state index in [0.29, 0.717) is 0 Å². The molecule has 0 amide bonds. The van der Waals surface area contributed by atoms with Crippen LogP contribution in [0.15, 0.2) is 388 Å². The minimum atomic E-state index is -0.470. The predicted molar refractivity (Wildman–Crippen MR) is 519 cm³/mol. The molecular formula is C116H64N4S3. The van der Waals surface area contributed by atoms with Gasteiger partial charge in [0.2, 0.25) is 0 Å². The molecule has 25 aromatic rings. The lowest BCUT2D eigenvalue weighted by Gasteiger charge is -2.30. The van der Waals surface area contributed by atoms with Crippen LogP contribution in [0.1, 0.15) is 44.5 Å². The van der Waals surface area contributed by atoms with E-state index in [2.05, 4.69) is 397 Å². The summed E-state index contributed by atoms with van der Waals surface area (Å²) in [7, 11) is 0. The van der Waals surface area contributed by atoms with Crippen LogP contribution in [-0.2, 0) is 10.8 Å². The Hall–Kier alpha value is -15.0. The molecule has 0 fully saturated rings. The van der Waals surface area contributed by atoms with Gasteiger partial charge in [-0.3, -0.25) is 0 Å². The van der Waals surface area contributed by atoms with Gasteiger partial charge in [0.05, 0.1) is 53.7 Å². The molecule has 4 nitrogen and oxygen atoms in total. The van der Waals surface area contributed by atoms with E-state index in [-0.39, 0.29) is 0 Å². The van der Waals surface area contributed by atoms with Gasteiger partial charge in [-0.2, -0.15) is 0 Å². The van der Waals surface area contributed by atoms with Crippen LogP contribution in [0.25, 0.3) is 227 Å². The van der Waals surface area contributed by atoms with Crippen molar-refractivity contribution >= 4 is 162 Å². The van der Waals surface area contributed by atoms with E-state index in [0.717, 1.165) is 98.0 Å². The highest BCUT2D eigenvalue weighted by atomic mass is 32.1. The Morgan fingerprint density at radius 2 is 0.488 bits per heavy atom. The number of rotatable bonds is 6. The molecule has 4 aliphatic carbocycles. The third-order valence-corrected chi connectivity index (χ3v) is 31.8. The first-order chi connectivity index (χ1) is 61.0. The molecule has 0 unspecified atom stereocenters. The molecule has 6 aromatic heterocycles. The molecule has 0 atom stereocenters. The van der Waals surface area contributed by atoms with Crippen molar-refractivity contribution in [2.45, 2.75) is 10.8 Å². The first-order valence-corrected chi connectivity index (χ1v) is 44.9. The fraction of sp³-hybridized carbons (Fsp3) is 0.0172. The monoisotopic (exact) mass is 1610 g/mol. The van der Waals surface area contributed by atoms with Crippen molar-refractivity contribution in [2.24, 2.45) is 0 Å². The topological polar surface area (TPSA) is 35.6 Å². The summed E-state index contributed by atoms with van der Waals surface area (Å²) >= 11 is 5.59. The summed E-state index contributed by atoms with van der Waals surface area (Å²) in [5, 5.41) is 14.2. The van der Waals surface area contributed by atoms with E-state index in [1.165, 1.54) is 173 Å². The molecule has 0 radical (unpaired) electrons. The Morgan fingerprint density at radius 1 is 0.187 bits per heavy atom. The van der Waals surface area contributed by atoms with Crippen LogP contribution in [0.5, 0.6) is 0 Å². The van der Waals surface area contributed by atoms with Gasteiger partial charge in [0.15, 0.2) is 0 Å². The second kappa shape index (κ2) is 24.4. The van der Waals surface area contributed by atoms with Crippen LogP contribution in [-0.4, -0.2) is 19.1 Å². The number of thiophene rings is 3. The van der Waals surface area contributed by atoms with Crippen molar-refractivity contribution in [1.29, 1.82) is 0 Å². The smallest absolute Gasteiger partial charge is 0.109 e. The summed E-state index contributed by atoms with van der Waals surface area (Å²) in [5.41, 5.74) is 37.5. The van der Waals surface area contributed by atoms with Crippen LogP contribution in [0.3, 0.4) is 0 Å². The lowest BCUT2D eigenvalue weighted by molar-refractivity contribution is 0.792. The van der Waals surface area contributed by atoms with E-state index in [1.807, 2.05) is 34.0 Å². The molecule has 29 rings (SSSR count). The van der Waals surface area contributed by atoms with Crippen LogP contribution in [0, 0.1) is 0 Å². The zero-order valence-electron chi connectivity index (χ0n) is 66.0. The maximum atomic E-state index is 6.25. The summed E-state index contributed by atoms with van der Waals surface area (Å²) in [5.74, 6) is 0. The highest BCUT2D eigenvalue weighted by molar-refractivity contribution is 7.28. The van der Waals surface area contributed by atoms with Crippen molar-refractivity contribution in [3.05, 3.63) is 433 Å². The Balaban J connectivity index is 0.640. The molecule has 7 heteroatoms. The van der Waals surface area contributed by atoms with Gasteiger partial charge in [-0.15, -0.1) is 34.0 Å². The van der Waals surface area contributed by atoms with Crippen LogP contribution < -0.4 is 0 Å². The van der Waals surface area contributed by atoms with E-state index in [1.54, 1.807) is 0 Å². The zero-order chi connectivity index (χ0) is 79.8. The number of para-hydroxylation sites is 2. The number of hydrogen-bond donors (Lipinski definition) is 0. The second-order valence-corrected chi connectivity index (χ2v) is 37.0. The van der Waals surface area contributed by atoms with E-state index in [4.69, 9.17) is 9.97 Å². The van der Waals surface area contributed by atoms with Crippen molar-refractivity contribution in [3.63, 3.8) is 0 Å². The van der Waals surface area contributed by atoms with Gasteiger partial charge < -0.3 is 9.13 Å². The highest BCUT2D eigenvalue weighted by Gasteiger charge is 2.53. The number of nitrogens with zero attached hydrogens (tertiary/aromatic N) is 4. The Kier molecular flexibility index (Phi) is 13.3. The van der Waals surface area contributed by atoms with Crippen LogP contribution in [0.4, 0.5) is 0 Å². The number of benzene rings is 19. The van der Waals surface area contributed by atoms with E-state index < -0.39 is 10.8 Å². The van der Waals surface area contributed by atoms with Gasteiger partial charge in [-0.1, -0.05) is 303 Å². The molecule has 123 heavy (non-hydrogen) atoms. The maximum absolute atomic E-state index is 6.25. The lowest BCUT2D eigenvalue weighted by atomic mass is 9.70. The molecular weight excluding hydrogens is 1550 g/mol. The average molecular weight is 1610 g/mol. The minimum Gasteiger partial charge on any atom is -0.309 e. The number of hydrogen-bond acceptors (Lipinski definition) is 5. The van der Waals surface area contributed by atoms with E-state index >= 15 is 0 Å². The predicted octanol–water partition coefficient (Wildman–Crippen LogP) is 31.4. The first-order valence-electron chi connectivity index (χ1n) is 42.4. The zero-order valence-corrected chi connectivity index (χ0v) is 68.4. The minimum absolute atomic E-state index is 0.470. The molecule has 0 bridgehead atoms. The van der Waals surface area contributed by atoms with Gasteiger partial charge in [0.1, 0.15) is 11.0 Å². The third-order valence-electron chi connectivity index (χ3n) is 28.2. The second-order valence-electron chi connectivity index (χ2n) is 33.9. The average Bonchev–Trinajstić information content (AvgIpc) is 1.51. The summed E-state index contributed by atoms with van der Waals surface area (Å²) < 4.78 is 10.1. The van der Waals surface area contributed by atoms with Gasteiger partial charge in [-0.25, -0.2) is 9.97 Å². The summed E-state index contributed by atoms with van der Waals surface area (Å²) in [6.45, 7) is 0. The molecule has 566 valence electrons. The van der Waals surface area contributed by atoms with E-state index in [9.17, 15) is 0 Å². The molecule has 0 aliphatic heterocycles. The standard InChI is InChI=1S/C116H64N4S3/c1-11-37-93-73(23-1)74-24-2-12-38-94(74)115(93)97-41-15-5-27-77(97)79-55-51-69(63-99(79)115)119-101-43-17-7-29-81(101)89-59-67(49-57-103(89)119)65-47-53-71-72-54-48-66(68-50-58-104-90(60-68)82-30-8-18-44-102(82)120(104)70-52-56-80-78-28-6-16-42-98(78)116(100(80)64-70)95-39-13-3-25-75(95)76-26-4-14-40-96(76)116)62-92(72)108-107(91(71)61-65)117-109-110(118-108)114(88-36-22-34-86-84-32-10-20-46-106(84)122-112(86)88)123-113(109)87-35-21-33-85-83-31-9-19-45-105(83)121-111(85)87/h1-64H. The first kappa shape index (κ1) is 66.9. The Morgan fingerprint density at radius 3 is 0.878 bits per heavy atom. The summed E-state index contributed by atoms with van der Waals surface area (Å²) in [6.07, 6.45) is 0. The molecule has 0 N–H and O–H groups in total. The van der Waals surface area contributed by atoms with Crippen molar-refractivity contribution in [2.75, 3.05) is 0 Å². The van der Waals surface area contributed by atoms with Crippen molar-refractivity contribution < 1.29 is 0 Å². The Labute approximate surface area is 717 Å². The fourth-order valence-electron chi connectivity index (χ4n) is 23.2. The van der Waals surface area contributed by atoms with Crippen LogP contribution in [0.2, 0.25) is 0 Å². The van der Waals surface area contributed by atoms with Crippen molar-refractivity contribution in [3.8, 4) is 99.0 Å². The molecule has 2 spiro atoms. The SMILES string of the molecule is c1ccc2c(c1)-c1ccccc1C21c2ccccc2-c2ccc(-n3c4ccccc4c4cc(-c5ccc6c7ccc(-c8ccc9c(c8)c8ccccc8n9-c8ccc9c(c8)C8(c%10ccccc%10-c%10ccccc%108)c8ccccc8-9)cc7c7nc8c(-c9cccc%10c9sc9ccccc9%10)sc(-c9cccc%10c9sc9ccccc9%10)c8nc7c6c5)ccc43)cc21. The molecule has 6 heterocycles. The summed E-state index contributed by atoms with van der Waals surface area (Å²) in [4.78, 5) is 14.7. The highest BCUT2D eigenvalue weighted by Crippen LogP contribution is 2.66. The van der Waals surface area contributed by atoms with Crippen LogP contribution >= 0.6 is 34.0 Å². The molecule has 0 saturated carbocycles. The number of aromatic nitrogens is 4. The summed E-state index contributed by atoms with van der Waals surface area (Å²) in [6, 6.07) is 147. The van der Waals surface area contributed by atoms with Gasteiger partial charge in [-0.05, 0) is 207 Å². The largest absolute Gasteiger partial charge is 0.309 e. The Bertz CT molecular complexity index is 8480. The molecule has 19 aromatic carbocycles. The maximum Gasteiger partial charge on any atom is 0.109 e. The van der Waals surface area contributed by atoms with Crippen molar-refractivity contribution in [1.82, 2.24) is 19.1 Å². The van der Waals surface area contributed by atoms with Gasteiger partial charge in [0.25, 0.3) is 0 Å². The quantitative estimate of drug-likeness (QED) is 0.156. The van der Waals surface area contributed by atoms with Gasteiger partial charge >= 0.3 is 0 Å². The van der Waals surface area contributed by atoms with Gasteiger partial charge in [0, 0.05) is 95.2 Å². The normalized spacial score (nSPS) is 13.7. The third kappa shape index (κ3) is 8.67.